The number of carboxylic acid groups (broad SMARTS) is 1. The molecule has 1 amide bonds. The van der Waals surface area contributed by atoms with Crippen LogP contribution in [0.2, 0.25) is 0 Å². The third-order valence-electron chi connectivity index (χ3n) is 1.51. The van der Waals surface area contributed by atoms with Crippen LogP contribution in [-0.2, 0) is 11.3 Å². The Morgan fingerprint density at radius 1 is 1.69 bits per heavy atom. The number of carboxylic acids is 1. The van der Waals surface area contributed by atoms with E-state index in [1.807, 2.05) is 0 Å². The van der Waals surface area contributed by atoms with Gasteiger partial charge in [-0.2, -0.15) is 5.10 Å². The Labute approximate surface area is 74.0 Å². The first-order valence-corrected chi connectivity index (χ1v) is 3.56. The Hall–Kier alpha value is -1.85. The van der Waals surface area contributed by atoms with Crippen molar-refractivity contribution in [3.05, 3.63) is 17.5 Å². The second-order valence-corrected chi connectivity index (χ2v) is 2.60. The molecule has 0 saturated heterocycles. The number of hydrogen-bond donors (Lipinski definition) is 2. The number of carbonyl (C=O) groups is 2. The predicted octanol–water partition coefficient (Wildman–Crippen LogP) is -0.625. The van der Waals surface area contributed by atoms with Gasteiger partial charge in [0.2, 0.25) is 5.91 Å². The molecule has 1 aromatic rings. The van der Waals surface area contributed by atoms with Crippen LogP contribution in [0.3, 0.4) is 0 Å². The number of aryl methyl sites for hydroxylation is 1. The number of aromatic carboxylic acids is 1. The largest absolute Gasteiger partial charge is 0.476 e. The number of primary amides is 1. The zero-order chi connectivity index (χ0) is 10.0. The van der Waals surface area contributed by atoms with Gasteiger partial charge in [0.15, 0.2) is 5.69 Å². The number of aromatic nitrogens is 2. The summed E-state index contributed by atoms with van der Waals surface area (Å²) in [7, 11) is 0. The maximum atomic E-state index is 10.5. The van der Waals surface area contributed by atoms with Crippen LogP contribution < -0.4 is 5.73 Å². The van der Waals surface area contributed by atoms with E-state index in [9.17, 15) is 9.59 Å². The molecule has 0 aliphatic heterocycles. The first kappa shape index (κ1) is 9.24. The maximum Gasteiger partial charge on any atom is 0.356 e. The highest BCUT2D eigenvalue weighted by molar-refractivity contribution is 5.85. The summed E-state index contributed by atoms with van der Waals surface area (Å²) in [5.41, 5.74) is 5.44. The lowest BCUT2D eigenvalue weighted by molar-refractivity contribution is -0.118. The molecule has 0 fully saturated rings. The van der Waals surface area contributed by atoms with Crippen molar-refractivity contribution in [3.8, 4) is 0 Å². The predicted molar refractivity (Wildman–Crippen MR) is 43.1 cm³/mol. The average Bonchev–Trinajstić information content (AvgIpc) is 2.31. The smallest absolute Gasteiger partial charge is 0.356 e. The van der Waals surface area contributed by atoms with Gasteiger partial charge in [-0.05, 0) is 13.0 Å². The molecule has 0 bridgehead atoms. The van der Waals surface area contributed by atoms with E-state index in [2.05, 4.69) is 5.10 Å². The standard InChI is InChI=1S/C7H9N3O3/c1-4-2-5(7(12)13)9-10(4)3-6(8)11/h2H,3H2,1H3,(H2,8,11)(H,12,13). The van der Waals surface area contributed by atoms with E-state index in [1.54, 1.807) is 6.92 Å². The molecular weight excluding hydrogens is 174 g/mol. The van der Waals surface area contributed by atoms with Crippen molar-refractivity contribution in [3.63, 3.8) is 0 Å². The van der Waals surface area contributed by atoms with Gasteiger partial charge in [0.25, 0.3) is 0 Å². The van der Waals surface area contributed by atoms with Gasteiger partial charge in [0.1, 0.15) is 6.54 Å². The summed E-state index contributed by atoms with van der Waals surface area (Å²) >= 11 is 0. The maximum absolute atomic E-state index is 10.5. The lowest BCUT2D eigenvalue weighted by Gasteiger charge is -1.98. The highest BCUT2D eigenvalue weighted by Gasteiger charge is 2.11. The summed E-state index contributed by atoms with van der Waals surface area (Å²) in [4.78, 5) is 21.0. The van der Waals surface area contributed by atoms with Gasteiger partial charge in [0, 0.05) is 5.69 Å². The van der Waals surface area contributed by atoms with Gasteiger partial charge >= 0.3 is 5.97 Å². The van der Waals surface area contributed by atoms with Crippen molar-refractivity contribution in [1.29, 1.82) is 0 Å². The molecule has 3 N–H and O–H groups in total. The second-order valence-electron chi connectivity index (χ2n) is 2.60. The minimum absolute atomic E-state index is 0.0845. The van der Waals surface area contributed by atoms with E-state index < -0.39 is 11.9 Å². The Bertz CT molecular complexity index is 356. The molecule has 6 heteroatoms. The molecule has 13 heavy (non-hydrogen) atoms. The van der Waals surface area contributed by atoms with Gasteiger partial charge in [-0.25, -0.2) is 4.79 Å². The minimum Gasteiger partial charge on any atom is -0.476 e. The Kier molecular flexibility index (Phi) is 2.32. The lowest BCUT2D eigenvalue weighted by Crippen LogP contribution is -2.20. The fourth-order valence-corrected chi connectivity index (χ4v) is 0.922. The molecular formula is C7H9N3O3. The molecule has 0 aromatic carbocycles. The van der Waals surface area contributed by atoms with Crippen molar-refractivity contribution in [2.45, 2.75) is 13.5 Å². The molecule has 0 radical (unpaired) electrons. The minimum atomic E-state index is -1.12. The van der Waals surface area contributed by atoms with Gasteiger partial charge in [-0.1, -0.05) is 0 Å². The lowest BCUT2D eigenvalue weighted by atomic mass is 10.4. The fourth-order valence-electron chi connectivity index (χ4n) is 0.922. The summed E-state index contributed by atoms with van der Waals surface area (Å²) in [6, 6.07) is 1.38. The van der Waals surface area contributed by atoms with Crippen molar-refractivity contribution >= 4 is 11.9 Å². The van der Waals surface area contributed by atoms with Crippen LogP contribution in [-0.4, -0.2) is 26.8 Å². The Balaban J connectivity index is 2.96. The molecule has 1 heterocycles. The summed E-state index contributed by atoms with van der Waals surface area (Å²) in [6.45, 7) is 1.56. The summed E-state index contributed by atoms with van der Waals surface area (Å²) in [6.07, 6.45) is 0. The van der Waals surface area contributed by atoms with E-state index >= 15 is 0 Å². The molecule has 0 spiro atoms. The van der Waals surface area contributed by atoms with Crippen molar-refractivity contribution in [1.82, 2.24) is 9.78 Å². The SMILES string of the molecule is Cc1cc(C(=O)O)nn1CC(N)=O. The fraction of sp³-hybridized carbons (Fsp3) is 0.286. The van der Waals surface area contributed by atoms with Crippen molar-refractivity contribution < 1.29 is 14.7 Å². The number of nitrogens with zero attached hydrogens (tertiary/aromatic N) is 2. The Morgan fingerprint density at radius 3 is 2.69 bits per heavy atom. The number of nitrogens with two attached hydrogens (primary N) is 1. The molecule has 70 valence electrons. The number of rotatable bonds is 3. The molecule has 0 unspecified atom stereocenters. The number of amides is 1. The highest BCUT2D eigenvalue weighted by Crippen LogP contribution is 2.02. The third-order valence-corrected chi connectivity index (χ3v) is 1.51. The van der Waals surface area contributed by atoms with Crippen LogP contribution in [0.25, 0.3) is 0 Å². The van der Waals surface area contributed by atoms with Gasteiger partial charge in [0.05, 0.1) is 0 Å². The third kappa shape index (κ3) is 2.05. The summed E-state index contributed by atoms with van der Waals surface area (Å²) in [5, 5.41) is 12.2. The first-order chi connectivity index (χ1) is 6.00. The van der Waals surface area contributed by atoms with Crippen LogP contribution in [0.4, 0.5) is 0 Å². The van der Waals surface area contributed by atoms with Gasteiger partial charge in [-0.15, -0.1) is 0 Å². The molecule has 0 saturated carbocycles. The first-order valence-electron chi connectivity index (χ1n) is 3.56. The quantitative estimate of drug-likeness (QED) is 0.652. The van der Waals surface area contributed by atoms with Crippen LogP contribution in [0.5, 0.6) is 0 Å². The zero-order valence-corrected chi connectivity index (χ0v) is 7.02. The van der Waals surface area contributed by atoms with Crippen LogP contribution >= 0.6 is 0 Å². The second kappa shape index (κ2) is 3.26. The molecule has 1 aromatic heterocycles. The summed E-state index contributed by atoms with van der Waals surface area (Å²) in [5.74, 6) is -1.67. The van der Waals surface area contributed by atoms with E-state index in [4.69, 9.17) is 10.8 Å². The van der Waals surface area contributed by atoms with Crippen LogP contribution in [0.1, 0.15) is 16.2 Å². The Morgan fingerprint density at radius 2 is 2.31 bits per heavy atom. The number of hydrogen-bond acceptors (Lipinski definition) is 3. The van der Waals surface area contributed by atoms with E-state index in [1.165, 1.54) is 10.7 Å². The van der Waals surface area contributed by atoms with E-state index in [0.717, 1.165) is 0 Å². The van der Waals surface area contributed by atoms with Crippen LogP contribution in [0, 0.1) is 6.92 Å². The topological polar surface area (TPSA) is 98.2 Å². The molecule has 0 aliphatic rings. The monoisotopic (exact) mass is 183 g/mol. The molecule has 0 aliphatic carbocycles. The average molecular weight is 183 g/mol. The number of carbonyl (C=O) groups excluding carboxylic acids is 1. The zero-order valence-electron chi connectivity index (χ0n) is 7.02. The van der Waals surface area contributed by atoms with Crippen molar-refractivity contribution in [2.24, 2.45) is 5.73 Å². The van der Waals surface area contributed by atoms with E-state index in [-0.39, 0.29) is 12.2 Å². The molecule has 1 rings (SSSR count). The van der Waals surface area contributed by atoms with Gasteiger partial charge in [-0.3, -0.25) is 9.48 Å². The summed E-state index contributed by atoms with van der Waals surface area (Å²) < 4.78 is 1.26. The normalized spacial score (nSPS) is 9.92. The van der Waals surface area contributed by atoms with E-state index in [0.29, 0.717) is 5.69 Å². The van der Waals surface area contributed by atoms with Crippen molar-refractivity contribution in [2.75, 3.05) is 0 Å². The highest BCUT2D eigenvalue weighted by atomic mass is 16.4. The molecule has 0 atom stereocenters. The van der Waals surface area contributed by atoms with Crippen LogP contribution in [0.15, 0.2) is 6.07 Å². The van der Waals surface area contributed by atoms with Gasteiger partial charge < -0.3 is 10.8 Å². The molecule has 6 nitrogen and oxygen atoms in total.